The van der Waals surface area contributed by atoms with Crippen LogP contribution in [0.25, 0.3) is 0 Å². The minimum atomic E-state index is -0.526. The molecule has 0 saturated carbocycles. The summed E-state index contributed by atoms with van der Waals surface area (Å²) in [7, 11) is 0. The Balaban J connectivity index is 3.39. The first-order valence-electron chi connectivity index (χ1n) is 18.8. The summed E-state index contributed by atoms with van der Waals surface area (Å²) in [6.45, 7) is 5.35. The lowest BCUT2D eigenvalue weighted by atomic mass is 10.1. The van der Waals surface area contributed by atoms with Crippen LogP contribution in [0.5, 0.6) is 0 Å². The number of ether oxygens (including phenoxy) is 2. The Morgan fingerprint density at radius 2 is 0.929 bits per heavy atom. The smallest absolute Gasteiger partial charge is 0.306 e. The van der Waals surface area contributed by atoms with E-state index in [-0.39, 0.29) is 12.6 Å². The number of allylic oxidation sites excluding steroid dienone is 2. The summed E-state index contributed by atoms with van der Waals surface area (Å²) in [5.41, 5.74) is 0. The molecule has 1 N–H and O–H groups in total. The molecule has 0 heterocycles. The molecule has 0 aromatic carbocycles. The van der Waals surface area contributed by atoms with Gasteiger partial charge < -0.3 is 14.6 Å². The van der Waals surface area contributed by atoms with Crippen molar-refractivity contribution in [2.24, 2.45) is 0 Å². The van der Waals surface area contributed by atoms with Gasteiger partial charge in [0.25, 0.3) is 0 Å². The summed E-state index contributed by atoms with van der Waals surface area (Å²) in [5.74, 6) is -0.201. The van der Waals surface area contributed by atoms with E-state index in [0.29, 0.717) is 19.6 Å². The number of hydrogen-bond acceptors (Lipinski definition) is 4. The summed E-state index contributed by atoms with van der Waals surface area (Å²) < 4.78 is 11.1. The van der Waals surface area contributed by atoms with Crippen molar-refractivity contribution < 1.29 is 19.4 Å². The van der Waals surface area contributed by atoms with Crippen LogP contribution in [0, 0.1) is 0 Å². The quantitative estimate of drug-likeness (QED) is 0.0450. The van der Waals surface area contributed by atoms with Crippen molar-refractivity contribution in [3.05, 3.63) is 12.2 Å². The van der Waals surface area contributed by atoms with Gasteiger partial charge in [-0.1, -0.05) is 167 Å². The predicted molar refractivity (Wildman–Crippen MR) is 182 cm³/mol. The molecule has 42 heavy (non-hydrogen) atoms. The minimum absolute atomic E-state index is 0.168. The Labute approximate surface area is 263 Å². The third kappa shape index (κ3) is 33.6. The standard InChI is InChI=1S/C38H74O4/c1-3-5-7-9-11-13-14-15-16-17-18-19-20-21-22-23-24-25-27-29-31-33-38(40)42-37(35-39)36-41-34-32-30-28-26-12-10-8-6-4-2/h17-18,37,39H,3-16,19-36H2,1-2H3/b18-17-. The molecule has 4 nitrogen and oxygen atoms in total. The molecule has 0 bridgehead atoms. The normalized spacial score (nSPS) is 12.4. The molecule has 0 aromatic rings. The number of esters is 1. The third-order valence-electron chi connectivity index (χ3n) is 8.34. The van der Waals surface area contributed by atoms with Crippen LogP contribution in [0.15, 0.2) is 12.2 Å². The first-order valence-corrected chi connectivity index (χ1v) is 18.8. The topological polar surface area (TPSA) is 55.8 Å². The van der Waals surface area contributed by atoms with Crippen LogP contribution in [-0.2, 0) is 14.3 Å². The first-order chi connectivity index (χ1) is 20.7. The molecule has 250 valence electrons. The van der Waals surface area contributed by atoms with Gasteiger partial charge in [0, 0.05) is 13.0 Å². The van der Waals surface area contributed by atoms with Gasteiger partial charge in [-0.05, 0) is 38.5 Å². The van der Waals surface area contributed by atoms with Crippen molar-refractivity contribution >= 4 is 5.97 Å². The lowest BCUT2D eigenvalue weighted by Crippen LogP contribution is -2.27. The van der Waals surface area contributed by atoms with E-state index >= 15 is 0 Å². The number of aliphatic hydroxyl groups is 1. The van der Waals surface area contributed by atoms with Crippen LogP contribution >= 0.6 is 0 Å². The van der Waals surface area contributed by atoms with Crippen molar-refractivity contribution in [2.45, 2.75) is 206 Å². The van der Waals surface area contributed by atoms with Gasteiger partial charge in [0.1, 0.15) is 6.10 Å². The summed E-state index contributed by atoms with van der Waals surface area (Å²) >= 11 is 0. The van der Waals surface area contributed by atoms with E-state index in [4.69, 9.17) is 9.47 Å². The lowest BCUT2D eigenvalue weighted by molar-refractivity contribution is -0.154. The zero-order valence-electron chi connectivity index (χ0n) is 28.5. The maximum absolute atomic E-state index is 12.1. The van der Waals surface area contributed by atoms with Gasteiger partial charge in [0.05, 0.1) is 13.2 Å². The van der Waals surface area contributed by atoms with E-state index in [1.807, 2.05) is 0 Å². The molecule has 1 unspecified atom stereocenters. The summed E-state index contributed by atoms with van der Waals surface area (Å²) in [5, 5.41) is 9.52. The summed E-state index contributed by atoms with van der Waals surface area (Å²) in [6, 6.07) is 0. The molecular weight excluding hydrogens is 520 g/mol. The van der Waals surface area contributed by atoms with Gasteiger partial charge >= 0.3 is 5.97 Å². The minimum Gasteiger partial charge on any atom is -0.457 e. The van der Waals surface area contributed by atoms with E-state index in [2.05, 4.69) is 26.0 Å². The maximum atomic E-state index is 12.1. The zero-order valence-corrected chi connectivity index (χ0v) is 28.5. The van der Waals surface area contributed by atoms with Crippen molar-refractivity contribution in [2.75, 3.05) is 19.8 Å². The highest BCUT2D eigenvalue weighted by Crippen LogP contribution is 2.14. The molecule has 0 aliphatic rings. The number of aliphatic hydroxyl groups excluding tert-OH is 1. The molecule has 0 aromatic heterocycles. The summed E-state index contributed by atoms with van der Waals surface area (Å²) in [6.07, 6.45) is 41.1. The molecule has 1 atom stereocenters. The number of carbonyl (C=O) groups excluding carboxylic acids is 1. The predicted octanol–water partition coefficient (Wildman–Crippen LogP) is 11.8. The average molecular weight is 595 g/mol. The molecule has 0 amide bonds. The number of carbonyl (C=O) groups is 1. The molecule has 0 aliphatic heterocycles. The van der Waals surface area contributed by atoms with Crippen LogP contribution in [0.1, 0.15) is 200 Å². The Kier molecular flexibility index (Phi) is 35.6. The van der Waals surface area contributed by atoms with E-state index in [1.165, 1.54) is 161 Å². The first kappa shape index (κ1) is 41.1. The fourth-order valence-electron chi connectivity index (χ4n) is 5.50. The van der Waals surface area contributed by atoms with Crippen molar-refractivity contribution in [3.63, 3.8) is 0 Å². The molecule has 0 rings (SSSR count). The largest absolute Gasteiger partial charge is 0.457 e. The van der Waals surface area contributed by atoms with Crippen LogP contribution in [0.3, 0.4) is 0 Å². The molecule has 4 heteroatoms. The molecule has 0 spiro atoms. The molecule has 0 aliphatic carbocycles. The fraction of sp³-hybridized carbons (Fsp3) is 0.921. The monoisotopic (exact) mass is 595 g/mol. The summed E-state index contributed by atoms with van der Waals surface area (Å²) in [4.78, 5) is 12.1. The molecule has 0 fully saturated rings. The van der Waals surface area contributed by atoms with E-state index in [9.17, 15) is 9.90 Å². The second-order valence-electron chi connectivity index (χ2n) is 12.7. The van der Waals surface area contributed by atoms with Crippen LogP contribution in [-0.4, -0.2) is 37.0 Å². The second-order valence-corrected chi connectivity index (χ2v) is 12.7. The highest BCUT2D eigenvalue weighted by Gasteiger charge is 2.13. The second kappa shape index (κ2) is 36.3. The Hall–Kier alpha value is -0.870. The van der Waals surface area contributed by atoms with Gasteiger partial charge in [-0.25, -0.2) is 0 Å². The molecular formula is C38H74O4. The number of rotatable bonds is 35. The Morgan fingerprint density at radius 3 is 1.36 bits per heavy atom. The van der Waals surface area contributed by atoms with Gasteiger partial charge in [-0.15, -0.1) is 0 Å². The van der Waals surface area contributed by atoms with Crippen LogP contribution in [0.2, 0.25) is 0 Å². The highest BCUT2D eigenvalue weighted by molar-refractivity contribution is 5.69. The van der Waals surface area contributed by atoms with E-state index in [0.717, 1.165) is 19.3 Å². The number of unbranched alkanes of at least 4 members (excludes halogenated alkanes) is 25. The van der Waals surface area contributed by atoms with E-state index < -0.39 is 6.10 Å². The van der Waals surface area contributed by atoms with Crippen LogP contribution in [0.4, 0.5) is 0 Å². The van der Waals surface area contributed by atoms with Gasteiger partial charge in [0.15, 0.2) is 0 Å². The van der Waals surface area contributed by atoms with Crippen molar-refractivity contribution in [3.8, 4) is 0 Å². The van der Waals surface area contributed by atoms with Gasteiger partial charge in [-0.2, -0.15) is 0 Å². The average Bonchev–Trinajstić information content (AvgIpc) is 3.00. The SMILES string of the molecule is CCCCCCCCCC/C=C\CCCCCCCCCCCC(=O)OC(CO)COCCCCCCCCCCC. The zero-order chi connectivity index (χ0) is 30.6. The number of hydrogen-bond donors (Lipinski definition) is 1. The van der Waals surface area contributed by atoms with E-state index in [1.54, 1.807) is 0 Å². The Bertz CT molecular complexity index is 547. The highest BCUT2D eigenvalue weighted by atomic mass is 16.6. The van der Waals surface area contributed by atoms with Gasteiger partial charge in [0.2, 0.25) is 0 Å². The third-order valence-corrected chi connectivity index (χ3v) is 8.34. The van der Waals surface area contributed by atoms with Crippen LogP contribution < -0.4 is 0 Å². The molecule has 0 radical (unpaired) electrons. The van der Waals surface area contributed by atoms with Gasteiger partial charge in [-0.3, -0.25) is 4.79 Å². The molecule has 0 saturated heterocycles. The maximum Gasteiger partial charge on any atom is 0.306 e. The lowest BCUT2D eigenvalue weighted by Gasteiger charge is -2.16. The Morgan fingerprint density at radius 1 is 0.548 bits per heavy atom. The van der Waals surface area contributed by atoms with Crippen molar-refractivity contribution in [1.82, 2.24) is 0 Å². The fourth-order valence-corrected chi connectivity index (χ4v) is 5.50. The van der Waals surface area contributed by atoms with Crippen molar-refractivity contribution in [1.29, 1.82) is 0 Å².